The first-order valence-corrected chi connectivity index (χ1v) is 7.03. The molecule has 1 rings (SSSR count). The fourth-order valence-electron chi connectivity index (χ4n) is 1.87. The molecule has 0 aliphatic rings. The maximum Gasteiger partial charge on any atom is 0.573 e. The maximum absolute atomic E-state index is 12.4. The molecule has 0 aromatic heterocycles. The molecular formula is C16H19F3O4. The van der Waals surface area contributed by atoms with E-state index in [0.29, 0.717) is 11.8 Å². The van der Waals surface area contributed by atoms with E-state index >= 15 is 0 Å². The summed E-state index contributed by atoms with van der Waals surface area (Å²) in [5, 5.41) is 0. The van der Waals surface area contributed by atoms with Crippen molar-refractivity contribution < 1.29 is 32.2 Å². The molecule has 0 atom stereocenters. The number of benzene rings is 1. The molecule has 0 bridgehead atoms. The van der Waals surface area contributed by atoms with Gasteiger partial charge in [-0.15, -0.1) is 13.2 Å². The van der Waals surface area contributed by atoms with Crippen LogP contribution in [0.25, 0.3) is 0 Å². The van der Waals surface area contributed by atoms with Crippen molar-refractivity contribution in [2.75, 3.05) is 0 Å². The number of esters is 1. The minimum Gasteiger partial charge on any atom is -0.460 e. The zero-order chi connectivity index (χ0) is 17.7. The third kappa shape index (κ3) is 7.67. The first-order chi connectivity index (χ1) is 10.5. The Hall–Kier alpha value is -2.05. The highest BCUT2D eigenvalue weighted by molar-refractivity contribution is 5.70. The van der Waals surface area contributed by atoms with Crippen molar-refractivity contribution in [2.24, 2.45) is 0 Å². The van der Waals surface area contributed by atoms with Gasteiger partial charge in [0, 0.05) is 18.4 Å². The van der Waals surface area contributed by atoms with Crippen molar-refractivity contribution in [3.63, 3.8) is 0 Å². The number of alkyl halides is 3. The third-order valence-electron chi connectivity index (χ3n) is 2.70. The molecule has 0 spiro atoms. The topological polar surface area (TPSA) is 52.6 Å². The van der Waals surface area contributed by atoms with Crippen LogP contribution in [-0.4, -0.2) is 24.2 Å². The second-order valence-corrected chi connectivity index (χ2v) is 5.95. The Balaban J connectivity index is 2.82. The smallest absolute Gasteiger partial charge is 0.460 e. The Labute approximate surface area is 132 Å². The molecule has 0 N–H and O–H groups in total. The molecule has 0 aliphatic carbocycles. The molecule has 0 fully saturated rings. The highest BCUT2D eigenvalue weighted by atomic mass is 19.4. The first kappa shape index (κ1) is 19.0. The number of hydrogen-bond acceptors (Lipinski definition) is 4. The van der Waals surface area contributed by atoms with Crippen molar-refractivity contribution in [3.05, 3.63) is 29.3 Å². The second kappa shape index (κ2) is 7.48. The van der Waals surface area contributed by atoms with Crippen LogP contribution in [-0.2, 0) is 27.2 Å². The van der Waals surface area contributed by atoms with Gasteiger partial charge in [0.1, 0.15) is 17.6 Å². The summed E-state index contributed by atoms with van der Waals surface area (Å²) in [6, 6.07) is 4.14. The Morgan fingerprint density at radius 2 is 1.87 bits per heavy atom. The molecule has 0 unspecified atom stereocenters. The summed E-state index contributed by atoms with van der Waals surface area (Å²) in [5.74, 6) is -0.862. The summed E-state index contributed by atoms with van der Waals surface area (Å²) in [6.07, 6.45) is -4.28. The molecule has 1 aromatic rings. The highest BCUT2D eigenvalue weighted by Gasteiger charge is 2.32. The molecule has 4 nitrogen and oxygen atoms in total. The zero-order valence-electron chi connectivity index (χ0n) is 13.2. The summed E-state index contributed by atoms with van der Waals surface area (Å²) in [4.78, 5) is 22.2. The van der Waals surface area contributed by atoms with Crippen molar-refractivity contribution in [2.45, 2.75) is 52.0 Å². The molecular weight excluding hydrogens is 313 g/mol. The predicted octanol–water partition coefficient (Wildman–Crippen LogP) is 3.60. The van der Waals surface area contributed by atoms with Gasteiger partial charge in [-0.25, -0.2) is 0 Å². The first-order valence-electron chi connectivity index (χ1n) is 7.03. The van der Waals surface area contributed by atoms with E-state index in [1.807, 2.05) is 0 Å². The normalized spacial score (nSPS) is 11.9. The van der Waals surface area contributed by atoms with Crippen LogP contribution >= 0.6 is 0 Å². The van der Waals surface area contributed by atoms with Gasteiger partial charge in [0.2, 0.25) is 0 Å². The summed E-state index contributed by atoms with van der Waals surface area (Å²) < 4.78 is 46.3. The lowest BCUT2D eigenvalue weighted by atomic mass is 10.0. The van der Waals surface area contributed by atoms with Gasteiger partial charge in [-0.2, -0.15) is 0 Å². The molecule has 0 saturated heterocycles. The van der Waals surface area contributed by atoms with Crippen LogP contribution in [0.2, 0.25) is 0 Å². The van der Waals surface area contributed by atoms with Gasteiger partial charge in [0.05, 0.1) is 0 Å². The fraction of sp³-hybridized carbons (Fsp3) is 0.500. The molecule has 0 saturated carbocycles. The summed E-state index contributed by atoms with van der Waals surface area (Å²) >= 11 is 0. The van der Waals surface area contributed by atoms with Crippen LogP contribution in [0.5, 0.6) is 5.75 Å². The fourth-order valence-corrected chi connectivity index (χ4v) is 1.87. The number of ether oxygens (including phenoxy) is 2. The van der Waals surface area contributed by atoms with E-state index in [2.05, 4.69) is 4.74 Å². The number of carbonyl (C=O) groups is 2. The van der Waals surface area contributed by atoms with E-state index in [1.54, 1.807) is 26.8 Å². The van der Waals surface area contributed by atoms with Gasteiger partial charge >= 0.3 is 12.3 Å². The average molecular weight is 332 g/mol. The van der Waals surface area contributed by atoms with E-state index in [-0.39, 0.29) is 24.8 Å². The summed E-state index contributed by atoms with van der Waals surface area (Å²) in [6.45, 7) is 5.19. The van der Waals surface area contributed by atoms with Gasteiger partial charge in [0.25, 0.3) is 0 Å². The molecule has 128 valence electrons. The van der Waals surface area contributed by atoms with Crippen LogP contribution in [0.1, 0.15) is 38.3 Å². The molecule has 1 aromatic carbocycles. The number of aldehydes is 1. The molecule has 0 heterocycles. The average Bonchev–Trinajstić information content (AvgIpc) is 2.35. The molecule has 0 radical (unpaired) electrons. The van der Waals surface area contributed by atoms with Crippen molar-refractivity contribution in [1.82, 2.24) is 0 Å². The summed E-state index contributed by atoms with van der Waals surface area (Å²) in [7, 11) is 0. The number of halogens is 3. The number of carbonyl (C=O) groups excluding carboxylic acids is 2. The standard InChI is InChI=1S/C16H19F3O4/c1-15(2,3)23-14(21)7-5-11-4-6-12(8-9-20)13(10-11)22-16(17,18)19/h4,6,9-10H,5,7-8H2,1-3H3. The van der Waals surface area contributed by atoms with E-state index in [1.165, 1.54) is 12.1 Å². The monoisotopic (exact) mass is 332 g/mol. The van der Waals surface area contributed by atoms with Gasteiger partial charge in [-0.3, -0.25) is 4.79 Å². The van der Waals surface area contributed by atoms with Crippen LogP contribution in [0.3, 0.4) is 0 Å². The molecule has 0 aliphatic heterocycles. The Morgan fingerprint density at radius 1 is 1.22 bits per heavy atom. The van der Waals surface area contributed by atoms with Crippen molar-refractivity contribution >= 4 is 12.3 Å². The van der Waals surface area contributed by atoms with Gasteiger partial charge in [-0.1, -0.05) is 12.1 Å². The molecule has 23 heavy (non-hydrogen) atoms. The van der Waals surface area contributed by atoms with E-state index in [9.17, 15) is 22.8 Å². The number of hydrogen-bond donors (Lipinski definition) is 0. The number of rotatable bonds is 6. The summed E-state index contributed by atoms with van der Waals surface area (Å²) in [5.41, 5.74) is 0.0123. The zero-order valence-corrected chi connectivity index (χ0v) is 13.2. The Bertz CT molecular complexity index is 559. The van der Waals surface area contributed by atoms with E-state index < -0.39 is 23.7 Å². The minimum absolute atomic E-state index is 0.0375. The van der Waals surface area contributed by atoms with Gasteiger partial charge in [0.15, 0.2) is 0 Å². The predicted molar refractivity (Wildman–Crippen MR) is 77.1 cm³/mol. The minimum atomic E-state index is -4.85. The van der Waals surface area contributed by atoms with Crippen molar-refractivity contribution in [1.29, 1.82) is 0 Å². The lowest BCUT2D eigenvalue weighted by Gasteiger charge is -2.19. The van der Waals surface area contributed by atoms with E-state index in [4.69, 9.17) is 4.74 Å². The van der Waals surface area contributed by atoms with Gasteiger partial charge in [-0.05, 0) is 38.8 Å². The Kier molecular flexibility index (Phi) is 6.18. The van der Waals surface area contributed by atoms with Crippen LogP contribution < -0.4 is 4.74 Å². The Morgan fingerprint density at radius 3 is 2.39 bits per heavy atom. The lowest BCUT2D eigenvalue weighted by molar-refractivity contribution is -0.274. The quantitative estimate of drug-likeness (QED) is 0.590. The largest absolute Gasteiger partial charge is 0.573 e. The SMILES string of the molecule is CC(C)(C)OC(=O)CCc1ccc(CC=O)c(OC(F)(F)F)c1. The molecule has 0 amide bonds. The van der Waals surface area contributed by atoms with Gasteiger partial charge < -0.3 is 14.3 Å². The molecule has 7 heteroatoms. The third-order valence-corrected chi connectivity index (χ3v) is 2.70. The lowest BCUT2D eigenvalue weighted by Crippen LogP contribution is -2.24. The van der Waals surface area contributed by atoms with Crippen LogP contribution in [0.15, 0.2) is 18.2 Å². The highest BCUT2D eigenvalue weighted by Crippen LogP contribution is 2.28. The van der Waals surface area contributed by atoms with Crippen LogP contribution in [0, 0.1) is 0 Å². The maximum atomic E-state index is 12.4. The van der Waals surface area contributed by atoms with Crippen molar-refractivity contribution in [3.8, 4) is 5.75 Å². The second-order valence-electron chi connectivity index (χ2n) is 5.95. The van der Waals surface area contributed by atoms with Crippen LogP contribution in [0.4, 0.5) is 13.2 Å². The number of aryl methyl sites for hydroxylation is 1. The van der Waals surface area contributed by atoms with E-state index in [0.717, 1.165) is 0 Å².